The van der Waals surface area contributed by atoms with Crippen LogP contribution < -0.4 is 5.32 Å². The molecule has 0 fully saturated rings. The minimum Gasteiger partial charge on any atom is -0.309 e. The summed E-state index contributed by atoms with van der Waals surface area (Å²) in [7, 11) is 0. The SMILES string of the molecule is CCCNC(CCc1ccccc1)c1ccc(Br)cn1. The molecule has 1 aromatic heterocycles. The van der Waals surface area contributed by atoms with Crippen molar-refractivity contribution < 1.29 is 0 Å². The molecule has 0 bridgehead atoms. The van der Waals surface area contributed by atoms with E-state index in [1.54, 1.807) is 0 Å². The minimum absolute atomic E-state index is 0.322. The molecule has 106 valence electrons. The van der Waals surface area contributed by atoms with Crippen LogP contribution in [0.15, 0.2) is 53.1 Å². The Balaban J connectivity index is 2.01. The van der Waals surface area contributed by atoms with E-state index in [9.17, 15) is 0 Å². The third-order valence-electron chi connectivity index (χ3n) is 3.31. The molecule has 2 aromatic rings. The molecule has 0 aliphatic rings. The summed E-state index contributed by atoms with van der Waals surface area (Å²) in [5.41, 5.74) is 2.51. The molecule has 0 aliphatic carbocycles. The number of hydrogen-bond donors (Lipinski definition) is 1. The zero-order valence-corrected chi connectivity index (χ0v) is 13.4. The fraction of sp³-hybridized carbons (Fsp3) is 0.353. The van der Waals surface area contributed by atoms with Gasteiger partial charge in [-0.25, -0.2) is 0 Å². The van der Waals surface area contributed by atoms with Gasteiger partial charge >= 0.3 is 0 Å². The van der Waals surface area contributed by atoms with Crippen molar-refractivity contribution in [3.8, 4) is 0 Å². The summed E-state index contributed by atoms with van der Waals surface area (Å²) in [6.45, 7) is 3.22. The number of halogens is 1. The first kappa shape index (κ1) is 15.2. The molecule has 0 saturated carbocycles. The molecule has 0 amide bonds. The smallest absolute Gasteiger partial charge is 0.0574 e. The predicted molar refractivity (Wildman–Crippen MR) is 87.7 cm³/mol. The molecule has 0 saturated heterocycles. The van der Waals surface area contributed by atoms with Crippen molar-refractivity contribution in [2.24, 2.45) is 0 Å². The van der Waals surface area contributed by atoms with Gasteiger partial charge in [-0.15, -0.1) is 0 Å². The molecule has 1 aromatic carbocycles. The monoisotopic (exact) mass is 332 g/mol. The third kappa shape index (κ3) is 4.73. The molecule has 1 N–H and O–H groups in total. The summed E-state index contributed by atoms with van der Waals surface area (Å²) in [5, 5.41) is 3.60. The molecule has 2 rings (SSSR count). The van der Waals surface area contributed by atoms with E-state index in [0.717, 1.165) is 36.0 Å². The molecule has 1 atom stereocenters. The van der Waals surface area contributed by atoms with E-state index in [-0.39, 0.29) is 0 Å². The summed E-state index contributed by atoms with van der Waals surface area (Å²) in [4.78, 5) is 4.53. The number of aryl methyl sites for hydroxylation is 1. The van der Waals surface area contributed by atoms with Gasteiger partial charge in [-0.05, 0) is 59.4 Å². The maximum absolute atomic E-state index is 4.53. The second kappa shape index (κ2) is 8.18. The van der Waals surface area contributed by atoms with Gasteiger partial charge in [0.2, 0.25) is 0 Å². The highest BCUT2D eigenvalue weighted by Gasteiger charge is 2.12. The number of rotatable bonds is 7. The minimum atomic E-state index is 0.322. The Hall–Kier alpha value is -1.19. The number of pyridine rings is 1. The Bertz CT molecular complexity index is 496. The van der Waals surface area contributed by atoms with Crippen molar-refractivity contribution in [2.45, 2.75) is 32.2 Å². The van der Waals surface area contributed by atoms with Gasteiger partial charge in [-0.1, -0.05) is 37.3 Å². The van der Waals surface area contributed by atoms with E-state index in [1.165, 1.54) is 5.56 Å². The highest BCUT2D eigenvalue weighted by molar-refractivity contribution is 9.10. The van der Waals surface area contributed by atoms with Crippen LogP contribution in [-0.2, 0) is 6.42 Å². The van der Waals surface area contributed by atoms with Crippen LogP contribution in [0.5, 0.6) is 0 Å². The molecule has 0 aliphatic heterocycles. The lowest BCUT2D eigenvalue weighted by molar-refractivity contribution is 0.489. The fourth-order valence-corrected chi connectivity index (χ4v) is 2.46. The first-order chi connectivity index (χ1) is 9.79. The van der Waals surface area contributed by atoms with Crippen molar-refractivity contribution in [1.29, 1.82) is 0 Å². The van der Waals surface area contributed by atoms with Crippen molar-refractivity contribution >= 4 is 15.9 Å². The predicted octanol–water partition coefficient (Wildman–Crippen LogP) is 4.52. The first-order valence-corrected chi connectivity index (χ1v) is 7.97. The van der Waals surface area contributed by atoms with Gasteiger partial charge in [0.25, 0.3) is 0 Å². The Kier molecular flexibility index (Phi) is 6.22. The molecule has 20 heavy (non-hydrogen) atoms. The molecule has 1 unspecified atom stereocenters. The van der Waals surface area contributed by atoms with Crippen molar-refractivity contribution in [3.05, 3.63) is 64.4 Å². The quantitative estimate of drug-likeness (QED) is 0.806. The van der Waals surface area contributed by atoms with Crippen molar-refractivity contribution in [3.63, 3.8) is 0 Å². The standard InChI is InChI=1S/C17H21BrN2/c1-2-12-19-16(17-11-9-15(18)13-20-17)10-8-14-6-4-3-5-7-14/h3-7,9,11,13,16,19H,2,8,10,12H2,1H3. The lowest BCUT2D eigenvalue weighted by Gasteiger charge is -2.18. The van der Waals surface area contributed by atoms with Crippen LogP contribution in [0.3, 0.4) is 0 Å². The van der Waals surface area contributed by atoms with Gasteiger partial charge < -0.3 is 5.32 Å². The average Bonchev–Trinajstić information content (AvgIpc) is 2.50. The fourth-order valence-electron chi connectivity index (χ4n) is 2.22. The maximum Gasteiger partial charge on any atom is 0.0574 e. The second-order valence-corrected chi connectivity index (χ2v) is 5.85. The van der Waals surface area contributed by atoms with Crippen LogP contribution in [0.4, 0.5) is 0 Å². The van der Waals surface area contributed by atoms with E-state index >= 15 is 0 Å². The van der Waals surface area contributed by atoms with Crippen molar-refractivity contribution in [1.82, 2.24) is 10.3 Å². The Morgan fingerprint density at radius 1 is 1.15 bits per heavy atom. The first-order valence-electron chi connectivity index (χ1n) is 7.18. The Labute approximate surface area is 129 Å². The Morgan fingerprint density at radius 3 is 2.60 bits per heavy atom. The van der Waals surface area contributed by atoms with Crippen LogP contribution in [0.1, 0.15) is 37.1 Å². The number of nitrogens with one attached hydrogen (secondary N) is 1. The van der Waals surface area contributed by atoms with E-state index in [0.29, 0.717) is 6.04 Å². The normalized spacial score (nSPS) is 12.3. The lowest BCUT2D eigenvalue weighted by Crippen LogP contribution is -2.23. The number of hydrogen-bond acceptors (Lipinski definition) is 2. The molecule has 1 heterocycles. The van der Waals surface area contributed by atoms with Crippen LogP contribution in [0.25, 0.3) is 0 Å². The number of benzene rings is 1. The van der Waals surface area contributed by atoms with Gasteiger partial charge in [0.1, 0.15) is 0 Å². The third-order valence-corrected chi connectivity index (χ3v) is 3.78. The largest absolute Gasteiger partial charge is 0.309 e. The molecule has 0 spiro atoms. The van der Waals surface area contributed by atoms with Crippen LogP contribution in [0, 0.1) is 0 Å². The van der Waals surface area contributed by atoms with Gasteiger partial charge in [0, 0.05) is 16.7 Å². The van der Waals surface area contributed by atoms with Crippen LogP contribution >= 0.6 is 15.9 Å². The van der Waals surface area contributed by atoms with Gasteiger partial charge in [0.05, 0.1) is 5.69 Å². The van der Waals surface area contributed by atoms with Gasteiger partial charge in [-0.2, -0.15) is 0 Å². The average molecular weight is 333 g/mol. The number of nitrogens with zero attached hydrogens (tertiary/aromatic N) is 1. The Morgan fingerprint density at radius 2 is 1.95 bits per heavy atom. The number of aromatic nitrogens is 1. The van der Waals surface area contributed by atoms with Crippen molar-refractivity contribution in [2.75, 3.05) is 6.54 Å². The molecular weight excluding hydrogens is 312 g/mol. The molecule has 2 nitrogen and oxygen atoms in total. The molecule has 3 heteroatoms. The summed E-state index contributed by atoms with van der Waals surface area (Å²) >= 11 is 3.44. The van der Waals surface area contributed by atoms with E-state index < -0.39 is 0 Å². The van der Waals surface area contributed by atoms with E-state index in [4.69, 9.17) is 0 Å². The second-order valence-electron chi connectivity index (χ2n) is 4.93. The lowest BCUT2D eigenvalue weighted by atomic mass is 10.0. The van der Waals surface area contributed by atoms with Gasteiger partial charge in [-0.3, -0.25) is 4.98 Å². The summed E-state index contributed by atoms with van der Waals surface area (Å²) in [6.07, 6.45) is 5.15. The van der Waals surface area contributed by atoms with E-state index in [1.807, 2.05) is 6.20 Å². The highest BCUT2D eigenvalue weighted by Crippen LogP contribution is 2.19. The zero-order chi connectivity index (χ0) is 14.2. The van der Waals surface area contributed by atoms with Crippen LogP contribution in [-0.4, -0.2) is 11.5 Å². The van der Waals surface area contributed by atoms with Crippen LogP contribution in [0.2, 0.25) is 0 Å². The molecule has 0 radical (unpaired) electrons. The zero-order valence-electron chi connectivity index (χ0n) is 11.8. The molecular formula is C17H21BrN2. The maximum atomic E-state index is 4.53. The topological polar surface area (TPSA) is 24.9 Å². The summed E-state index contributed by atoms with van der Waals surface area (Å²) in [5.74, 6) is 0. The summed E-state index contributed by atoms with van der Waals surface area (Å²) < 4.78 is 1.03. The highest BCUT2D eigenvalue weighted by atomic mass is 79.9. The van der Waals surface area contributed by atoms with Gasteiger partial charge in [0.15, 0.2) is 0 Å². The summed E-state index contributed by atoms with van der Waals surface area (Å²) in [6, 6.07) is 15.1. The van der Waals surface area contributed by atoms with E-state index in [2.05, 4.69) is 75.6 Å².